The second-order valence-corrected chi connectivity index (χ2v) is 5.59. The summed E-state index contributed by atoms with van der Waals surface area (Å²) < 4.78 is 0. The van der Waals surface area contributed by atoms with Crippen molar-refractivity contribution < 1.29 is 4.79 Å². The minimum absolute atomic E-state index is 0.315. The van der Waals surface area contributed by atoms with Gasteiger partial charge in [0, 0.05) is 31.1 Å². The van der Waals surface area contributed by atoms with E-state index in [0.717, 1.165) is 18.6 Å². The van der Waals surface area contributed by atoms with Gasteiger partial charge in [-0.2, -0.15) is 0 Å². The Morgan fingerprint density at radius 2 is 2.00 bits per heavy atom. The van der Waals surface area contributed by atoms with Crippen LogP contribution >= 0.6 is 0 Å². The van der Waals surface area contributed by atoms with E-state index in [0.29, 0.717) is 18.2 Å². The number of fused-ring (bicyclic) bond motifs is 2. The van der Waals surface area contributed by atoms with Crippen molar-refractivity contribution in [3.8, 4) is 0 Å². The molecule has 2 rings (SSSR count). The lowest BCUT2D eigenvalue weighted by Gasteiger charge is -2.30. The smallest absolute Gasteiger partial charge is 0.131 e. The number of likely N-dealkylation sites (N-methyl/N-ethyl adjacent to an activating group) is 1. The van der Waals surface area contributed by atoms with Crippen molar-refractivity contribution in [2.75, 3.05) is 20.1 Å². The Hall–Kier alpha value is -0.410. The normalized spacial score (nSPS) is 33.7. The summed E-state index contributed by atoms with van der Waals surface area (Å²) in [4.78, 5) is 16.2. The Bertz CT molecular complexity index is 267. The zero-order chi connectivity index (χ0) is 11.7. The van der Waals surface area contributed by atoms with E-state index < -0.39 is 0 Å². The predicted octanol–water partition coefficient (Wildman–Crippen LogP) is 1.52. The third-order valence-corrected chi connectivity index (χ3v) is 4.39. The monoisotopic (exact) mass is 224 g/mol. The number of rotatable bonds is 3. The summed E-state index contributed by atoms with van der Waals surface area (Å²) in [7, 11) is 2.27. The van der Waals surface area contributed by atoms with Gasteiger partial charge in [0.15, 0.2) is 0 Å². The maximum absolute atomic E-state index is 11.2. The average Bonchev–Trinajstić information content (AvgIpc) is 2.39. The molecule has 2 heterocycles. The number of carbonyl (C=O) groups is 1. The highest BCUT2D eigenvalue weighted by molar-refractivity contribution is 5.76. The van der Waals surface area contributed by atoms with Crippen LogP contribution in [-0.4, -0.2) is 53.8 Å². The first-order chi connectivity index (χ1) is 7.58. The molecule has 0 aliphatic carbocycles. The fourth-order valence-corrected chi connectivity index (χ4v) is 3.28. The van der Waals surface area contributed by atoms with Crippen LogP contribution in [0.15, 0.2) is 0 Å². The molecule has 0 radical (unpaired) electrons. The fourth-order valence-electron chi connectivity index (χ4n) is 3.28. The summed E-state index contributed by atoms with van der Waals surface area (Å²) in [6.07, 6.45) is 4.69. The summed E-state index contributed by atoms with van der Waals surface area (Å²) >= 11 is 0. The van der Waals surface area contributed by atoms with Crippen LogP contribution in [0.2, 0.25) is 0 Å². The Kier molecular flexibility index (Phi) is 3.65. The number of hydrogen-bond donors (Lipinski definition) is 0. The average molecular weight is 224 g/mol. The first-order valence-corrected chi connectivity index (χ1v) is 6.53. The van der Waals surface area contributed by atoms with Crippen LogP contribution in [0, 0.1) is 0 Å². The zero-order valence-electron chi connectivity index (χ0n) is 10.8. The van der Waals surface area contributed by atoms with Crippen LogP contribution in [0.25, 0.3) is 0 Å². The predicted molar refractivity (Wildman–Crippen MR) is 65.5 cm³/mol. The molecular formula is C13H24N2O. The van der Waals surface area contributed by atoms with Gasteiger partial charge < -0.3 is 0 Å². The second kappa shape index (κ2) is 4.84. The molecule has 3 heteroatoms. The molecule has 3 unspecified atom stereocenters. The quantitative estimate of drug-likeness (QED) is 0.726. The number of likely N-dealkylation sites (tertiary alicyclic amines) is 1. The third-order valence-electron chi connectivity index (χ3n) is 4.39. The highest BCUT2D eigenvalue weighted by Crippen LogP contribution is 2.29. The van der Waals surface area contributed by atoms with E-state index in [9.17, 15) is 4.79 Å². The van der Waals surface area contributed by atoms with Crippen molar-refractivity contribution in [1.82, 2.24) is 9.80 Å². The third kappa shape index (κ3) is 2.46. The molecule has 0 N–H and O–H groups in total. The molecule has 2 bridgehead atoms. The van der Waals surface area contributed by atoms with Crippen molar-refractivity contribution in [2.45, 2.75) is 57.7 Å². The molecule has 3 nitrogen and oxygen atoms in total. The van der Waals surface area contributed by atoms with Gasteiger partial charge >= 0.3 is 0 Å². The SMILES string of the molecule is CC(=O)CC(C)N1CCC2CCC(C1)N2C. The van der Waals surface area contributed by atoms with Gasteiger partial charge in [-0.3, -0.25) is 14.6 Å². The molecule has 0 aromatic carbocycles. The largest absolute Gasteiger partial charge is 0.300 e. The molecule has 0 aromatic heterocycles. The van der Waals surface area contributed by atoms with E-state index in [1.807, 2.05) is 0 Å². The van der Waals surface area contributed by atoms with Crippen LogP contribution < -0.4 is 0 Å². The standard InChI is InChI=1S/C13H24N2O/c1-10(8-11(2)16)15-7-6-12-4-5-13(9-15)14(12)3/h10,12-13H,4-9H2,1-3H3. The molecule has 2 saturated heterocycles. The number of carbonyl (C=O) groups excluding carboxylic acids is 1. The minimum Gasteiger partial charge on any atom is -0.300 e. The number of hydrogen-bond acceptors (Lipinski definition) is 3. The molecule has 0 saturated carbocycles. The van der Waals surface area contributed by atoms with Gasteiger partial charge in [-0.15, -0.1) is 0 Å². The van der Waals surface area contributed by atoms with Gasteiger partial charge in [0.2, 0.25) is 0 Å². The van der Waals surface area contributed by atoms with Gasteiger partial charge in [-0.05, 0) is 46.7 Å². The molecular weight excluding hydrogens is 200 g/mol. The lowest BCUT2D eigenvalue weighted by atomic mass is 10.1. The molecule has 2 aliphatic heterocycles. The molecule has 2 fully saturated rings. The first-order valence-electron chi connectivity index (χ1n) is 6.53. The highest BCUT2D eigenvalue weighted by Gasteiger charge is 2.35. The molecule has 0 spiro atoms. The lowest BCUT2D eigenvalue weighted by Crippen LogP contribution is -2.41. The van der Waals surface area contributed by atoms with E-state index >= 15 is 0 Å². The minimum atomic E-state index is 0.315. The lowest BCUT2D eigenvalue weighted by molar-refractivity contribution is -0.118. The number of Topliss-reactive ketones (excluding diaryl/α,β-unsaturated/α-hetero) is 1. The summed E-state index contributed by atoms with van der Waals surface area (Å²) in [6, 6.07) is 1.94. The molecule has 2 aliphatic rings. The summed E-state index contributed by atoms with van der Waals surface area (Å²) in [5, 5.41) is 0. The fraction of sp³-hybridized carbons (Fsp3) is 0.923. The molecule has 16 heavy (non-hydrogen) atoms. The van der Waals surface area contributed by atoms with Crippen molar-refractivity contribution >= 4 is 5.78 Å². The Morgan fingerprint density at radius 3 is 2.69 bits per heavy atom. The Balaban J connectivity index is 1.95. The van der Waals surface area contributed by atoms with Gasteiger partial charge in [-0.25, -0.2) is 0 Å². The summed E-state index contributed by atoms with van der Waals surface area (Å²) in [5.41, 5.74) is 0. The van der Waals surface area contributed by atoms with E-state index in [1.54, 1.807) is 6.92 Å². The van der Waals surface area contributed by atoms with Crippen molar-refractivity contribution in [2.24, 2.45) is 0 Å². The number of nitrogens with zero attached hydrogens (tertiary/aromatic N) is 2. The van der Waals surface area contributed by atoms with Crippen LogP contribution in [0.1, 0.15) is 39.5 Å². The Labute approximate surface area is 98.8 Å². The maximum Gasteiger partial charge on any atom is 0.131 e. The Morgan fingerprint density at radius 1 is 1.31 bits per heavy atom. The van der Waals surface area contributed by atoms with Gasteiger partial charge in [0.05, 0.1) is 0 Å². The van der Waals surface area contributed by atoms with Gasteiger partial charge in [0.25, 0.3) is 0 Å². The van der Waals surface area contributed by atoms with Gasteiger partial charge in [-0.1, -0.05) is 0 Å². The molecule has 92 valence electrons. The summed E-state index contributed by atoms with van der Waals surface area (Å²) in [6.45, 7) is 6.22. The first kappa shape index (κ1) is 12.1. The van der Waals surface area contributed by atoms with Gasteiger partial charge in [0.1, 0.15) is 5.78 Å². The van der Waals surface area contributed by atoms with Crippen molar-refractivity contribution in [3.05, 3.63) is 0 Å². The maximum atomic E-state index is 11.2. The van der Waals surface area contributed by atoms with E-state index in [2.05, 4.69) is 23.8 Å². The molecule has 0 aromatic rings. The van der Waals surface area contributed by atoms with Crippen molar-refractivity contribution in [3.63, 3.8) is 0 Å². The van der Waals surface area contributed by atoms with E-state index in [4.69, 9.17) is 0 Å². The van der Waals surface area contributed by atoms with Crippen LogP contribution in [0.5, 0.6) is 0 Å². The van der Waals surface area contributed by atoms with Crippen LogP contribution in [0.4, 0.5) is 0 Å². The molecule has 0 amide bonds. The zero-order valence-corrected chi connectivity index (χ0v) is 10.8. The second-order valence-electron chi connectivity index (χ2n) is 5.59. The van der Waals surface area contributed by atoms with E-state index in [1.165, 1.54) is 25.8 Å². The number of ketones is 1. The van der Waals surface area contributed by atoms with Crippen molar-refractivity contribution in [1.29, 1.82) is 0 Å². The van der Waals surface area contributed by atoms with Crippen LogP contribution in [-0.2, 0) is 4.79 Å². The molecule has 3 atom stereocenters. The topological polar surface area (TPSA) is 23.6 Å². The summed E-state index contributed by atoms with van der Waals surface area (Å²) in [5.74, 6) is 0.315. The van der Waals surface area contributed by atoms with E-state index in [-0.39, 0.29) is 0 Å². The highest BCUT2D eigenvalue weighted by atomic mass is 16.1. The van der Waals surface area contributed by atoms with Crippen LogP contribution in [0.3, 0.4) is 0 Å².